The maximum absolute atomic E-state index is 12.3. The van der Waals surface area contributed by atoms with Gasteiger partial charge < -0.3 is 5.32 Å². The van der Waals surface area contributed by atoms with Gasteiger partial charge in [-0.15, -0.1) is 0 Å². The summed E-state index contributed by atoms with van der Waals surface area (Å²) in [6, 6.07) is 9.39. The fourth-order valence-electron chi connectivity index (χ4n) is 2.04. The third kappa shape index (κ3) is 6.64. The average molecular weight is 259 g/mol. The summed E-state index contributed by atoms with van der Waals surface area (Å²) in [4.78, 5) is 0. The van der Waals surface area contributed by atoms with Crippen LogP contribution in [0.3, 0.4) is 0 Å². The monoisotopic (exact) mass is 259 g/mol. The third-order valence-electron chi connectivity index (χ3n) is 2.83. The number of nitrogens with one attached hydrogen (secondary N) is 1. The Balaban J connectivity index is 2.33. The van der Waals surface area contributed by atoms with Crippen LogP contribution >= 0.6 is 0 Å². The predicted molar refractivity (Wildman–Crippen MR) is 67.5 cm³/mol. The van der Waals surface area contributed by atoms with Crippen LogP contribution in [-0.4, -0.2) is 18.8 Å². The van der Waals surface area contributed by atoms with Crippen LogP contribution in [0.4, 0.5) is 13.2 Å². The van der Waals surface area contributed by atoms with Crippen molar-refractivity contribution in [2.75, 3.05) is 6.54 Å². The van der Waals surface area contributed by atoms with Crippen LogP contribution in [0.25, 0.3) is 0 Å². The zero-order valence-electron chi connectivity index (χ0n) is 10.6. The normalized spacial score (nSPS) is 13.6. The molecule has 18 heavy (non-hydrogen) atoms. The van der Waals surface area contributed by atoms with Crippen molar-refractivity contribution in [2.45, 2.75) is 44.8 Å². The van der Waals surface area contributed by atoms with Gasteiger partial charge in [0.05, 0.1) is 6.42 Å². The molecule has 1 aromatic carbocycles. The Morgan fingerprint density at radius 1 is 1.17 bits per heavy atom. The van der Waals surface area contributed by atoms with Crippen molar-refractivity contribution in [2.24, 2.45) is 0 Å². The molecule has 0 aliphatic heterocycles. The lowest BCUT2D eigenvalue weighted by molar-refractivity contribution is -0.140. The largest absolute Gasteiger partial charge is 0.390 e. The van der Waals surface area contributed by atoms with Gasteiger partial charge in [0.25, 0.3) is 0 Å². The first-order valence-electron chi connectivity index (χ1n) is 6.35. The quantitative estimate of drug-likeness (QED) is 0.782. The van der Waals surface area contributed by atoms with Gasteiger partial charge in [-0.3, -0.25) is 0 Å². The summed E-state index contributed by atoms with van der Waals surface area (Å²) in [7, 11) is 0. The first-order chi connectivity index (χ1) is 8.51. The Hall–Kier alpha value is -1.03. The van der Waals surface area contributed by atoms with E-state index < -0.39 is 18.6 Å². The lowest BCUT2D eigenvalue weighted by Gasteiger charge is -2.19. The maximum Gasteiger partial charge on any atom is 0.390 e. The van der Waals surface area contributed by atoms with Crippen LogP contribution in [0.5, 0.6) is 0 Å². The molecule has 1 aromatic rings. The number of hydrogen-bond donors (Lipinski definition) is 1. The van der Waals surface area contributed by atoms with Crippen LogP contribution in [0.15, 0.2) is 30.3 Å². The lowest BCUT2D eigenvalue weighted by atomic mass is 10.0. The first kappa shape index (κ1) is 15.0. The molecule has 0 aromatic heterocycles. The lowest BCUT2D eigenvalue weighted by Crippen LogP contribution is -2.33. The van der Waals surface area contributed by atoms with E-state index in [4.69, 9.17) is 0 Å². The molecule has 0 fully saturated rings. The Bertz CT molecular complexity index is 322. The van der Waals surface area contributed by atoms with Crippen LogP contribution in [-0.2, 0) is 6.42 Å². The minimum Gasteiger partial charge on any atom is -0.314 e. The maximum atomic E-state index is 12.3. The highest BCUT2D eigenvalue weighted by Crippen LogP contribution is 2.23. The Labute approximate surface area is 106 Å². The van der Waals surface area contributed by atoms with E-state index in [1.165, 1.54) is 5.56 Å². The summed E-state index contributed by atoms with van der Waals surface area (Å²) < 4.78 is 37.0. The second kappa shape index (κ2) is 7.41. The zero-order chi connectivity index (χ0) is 13.4. The number of aryl methyl sites for hydroxylation is 1. The third-order valence-corrected chi connectivity index (χ3v) is 2.83. The Morgan fingerprint density at radius 2 is 1.83 bits per heavy atom. The minimum atomic E-state index is -4.08. The van der Waals surface area contributed by atoms with Crippen LogP contribution in [0.1, 0.15) is 31.7 Å². The molecule has 4 heteroatoms. The average Bonchev–Trinajstić information content (AvgIpc) is 2.28. The molecule has 1 unspecified atom stereocenters. The molecule has 0 saturated heterocycles. The van der Waals surface area contributed by atoms with Gasteiger partial charge in [0.2, 0.25) is 0 Å². The van der Waals surface area contributed by atoms with Crippen molar-refractivity contribution in [1.82, 2.24) is 5.32 Å². The van der Waals surface area contributed by atoms with Crippen molar-refractivity contribution in [3.05, 3.63) is 35.9 Å². The number of halogens is 3. The predicted octanol–water partition coefficient (Wildman–Crippen LogP) is 3.94. The van der Waals surface area contributed by atoms with Gasteiger partial charge in [0.1, 0.15) is 0 Å². The summed E-state index contributed by atoms with van der Waals surface area (Å²) >= 11 is 0. The molecule has 1 N–H and O–H groups in total. The van der Waals surface area contributed by atoms with Gasteiger partial charge in [-0.05, 0) is 31.4 Å². The molecule has 0 saturated carbocycles. The fourth-order valence-corrected chi connectivity index (χ4v) is 2.04. The second-order valence-electron chi connectivity index (χ2n) is 4.45. The molecular weight excluding hydrogens is 239 g/mol. The molecule has 1 rings (SSSR count). The van der Waals surface area contributed by atoms with Gasteiger partial charge >= 0.3 is 6.18 Å². The van der Waals surface area contributed by atoms with Crippen LogP contribution in [0, 0.1) is 0 Å². The van der Waals surface area contributed by atoms with E-state index in [2.05, 4.69) is 5.32 Å². The summed E-state index contributed by atoms with van der Waals surface area (Å²) in [5.41, 5.74) is 1.18. The molecule has 0 aliphatic rings. The van der Waals surface area contributed by atoms with Crippen molar-refractivity contribution >= 4 is 0 Å². The number of benzene rings is 1. The molecular formula is C14H20F3N. The van der Waals surface area contributed by atoms with E-state index in [1.54, 1.807) is 0 Å². The van der Waals surface area contributed by atoms with Gasteiger partial charge in [0.15, 0.2) is 0 Å². The highest BCUT2D eigenvalue weighted by molar-refractivity contribution is 5.14. The summed E-state index contributed by atoms with van der Waals surface area (Å²) in [6.07, 6.45) is -2.66. The minimum absolute atomic E-state index is 0.460. The van der Waals surface area contributed by atoms with Crippen LogP contribution < -0.4 is 5.32 Å². The van der Waals surface area contributed by atoms with E-state index in [0.717, 1.165) is 12.8 Å². The molecule has 0 spiro atoms. The zero-order valence-corrected chi connectivity index (χ0v) is 10.6. The summed E-state index contributed by atoms with van der Waals surface area (Å²) in [5, 5.41) is 2.91. The second-order valence-corrected chi connectivity index (χ2v) is 4.45. The van der Waals surface area contributed by atoms with Crippen molar-refractivity contribution in [3.63, 3.8) is 0 Å². The van der Waals surface area contributed by atoms with Gasteiger partial charge in [0, 0.05) is 6.04 Å². The Kier molecular flexibility index (Phi) is 6.19. The molecule has 0 radical (unpaired) electrons. The summed E-state index contributed by atoms with van der Waals surface area (Å²) in [5.74, 6) is 0. The van der Waals surface area contributed by atoms with Gasteiger partial charge in [-0.2, -0.15) is 13.2 Å². The van der Waals surface area contributed by atoms with Crippen molar-refractivity contribution in [3.8, 4) is 0 Å². The van der Waals surface area contributed by atoms with Gasteiger partial charge in [-0.25, -0.2) is 0 Å². The molecule has 0 bridgehead atoms. The fraction of sp³-hybridized carbons (Fsp3) is 0.571. The molecule has 1 atom stereocenters. The highest BCUT2D eigenvalue weighted by atomic mass is 19.4. The van der Waals surface area contributed by atoms with Crippen molar-refractivity contribution in [1.29, 1.82) is 0 Å². The van der Waals surface area contributed by atoms with Crippen molar-refractivity contribution < 1.29 is 13.2 Å². The number of hydrogen-bond acceptors (Lipinski definition) is 1. The SMILES string of the molecule is CCNC(CCCc1ccccc1)CC(F)(F)F. The molecule has 0 aliphatic carbocycles. The van der Waals surface area contributed by atoms with E-state index in [-0.39, 0.29) is 0 Å². The Morgan fingerprint density at radius 3 is 2.39 bits per heavy atom. The summed E-state index contributed by atoms with van der Waals surface area (Å²) in [6.45, 7) is 2.41. The van der Waals surface area contributed by atoms with E-state index in [0.29, 0.717) is 13.0 Å². The smallest absolute Gasteiger partial charge is 0.314 e. The number of rotatable bonds is 7. The van der Waals surface area contributed by atoms with E-state index in [1.807, 2.05) is 37.3 Å². The molecule has 1 nitrogen and oxygen atoms in total. The number of alkyl halides is 3. The van der Waals surface area contributed by atoms with E-state index >= 15 is 0 Å². The van der Waals surface area contributed by atoms with Gasteiger partial charge in [-0.1, -0.05) is 37.3 Å². The standard InChI is InChI=1S/C14H20F3N/c1-2-18-13(11-14(15,16)17)10-6-9-12-7-4-3-5-8-12/h3-5,7-8,13,18H,2,6,9-11H2,1H3. The molecule has 102 valence electrons. The topological polar surface area (TPSA) is 12.0 Å². The first-order valence-corrected chi connectivity index (χ1v) is 6.35. The highest BCUT2D eigenvalue weighted by Gasteiger charge is 2.31. The van der Waals surface area contributed by atoms with Crippen LogP contribution in [0.2, 0.25) is 0 Å². The molecule has 0 amide bonds. The molecule has 0 heterocycles. The van der Waals surface area contributed by atoms with E-state index in [9.17, 15) is 13.2 Å².